The third-order valence-electron chi connectivity index (χ3n) is 4.45. The second-order valence-corrected chi connectivity index (χ2v) is 8.97. The van der Waals surface area contributed by atoms with Gasteiger partial charge < -0.3 is 0 Å². The summed E-state index contributed by atoms with van der Waals surface area (Å²) in [5.74, 6) is -0.215. The van der Waals surface area contributed by atoms with Crippen molar-refractivity contribution in [2.75, 3.05) is 6.54 Å². The molecule has 2 aromatic rings. The maximum atomic E-state index is 13.2. The molecule has 0 saturated carbocycles. The van der Waals surface area contributed by atoms with Gasteiger partial charge in [0.05, 0.1) is 10.9 Å². The van der Waals surface area contributed by atoms with Gasteiger partial charge in [0.1, 0.15) is 0 Å². The quantitative estimate of drug-likeness (QED) is 0.520. The molecule has 2 aromatic carbocycles. The van der Waals surface area contributed by atoms with Gasteiger partial charge >= 0.3 is 0 Å². The lowest BCUT2D eigenvalue weighted by Gasteiger charge is -2.27. The standard InChI is InChI=1S/C22H27NO3S/c1-16(2)14-15-23(27(25,26)21-12-8-18(4)9-13-21)19(5)22(24)20-10-6-17(3)7-11-20/h6-14,19H,15H2,1-5H3. The van der Waals surface area contributed by atoms with Crippen molar-refractivity contribution in [1.82, 2.24) is 4.31 Å². The normalized spacial score (nSPS) is 12.7. The van der Waals surface area contributed by atoms with E-state index < -0.39 is 16.1 Å². The average molecular weight is 386 g/mol. The summed E-state index contributed by atoms with van der Waals surface area (Å²) in [5, 5.41) is 0. The number of hydrogen-bond acceptors (Lipinski definition) is 3. The molecule has 0 aliphatic rings. The SMILES string of the molecule is CC(C)=CCN(C(C)C(=O)c1ccc(C)cc1)S(=O)(=O)c1ccc(C)cc1. The van der Waals surface area contributed by atoms with Crippen molar-refractivity contribution in [3.8, 4) is 0 Å². The van der Waals surface area contributed by atoms with Crippen LogP contribution in [0.4, 0.5) is 0 Å². The molecule has 1 unspecified atom stereocenters. The Labute approximate surface area is 162 Å². The molecule has 0 saturated heterocycles. The number of Topliss-reactive ketones (excluding diaryl/α,β-unsaturated/α-hetero) is 1. The zero-order valence-electron chi connectivity index (χ0n) is 16.6. The molecule has 0 aliphatic heterocycles. The molecule has 5 heteroatoms. The minimum atomic E-state index is -3.81. The Bertz CT molecular complexity index is 923. The van der Waals surface area contributed by atoms with Crippen LogP contribution in [0.1, 0.15) is 42.3 Å². The van der Waals surface area contributed by atoms with Crippen molar-refractivity contribution in [3.05, 3.63) is 76.9 Å². The fourth-order valence-electron chi connectivity index (χ4n) is 2.67. The van der Waals surface area contributed by atoms with Gasteiger partial charge in [-0.15, -0.1) is 0 Å². The molecule has 0 N–H and O–H groups in total. The van der Waals surface area contributed by atoms with Crippen LogP contribution < -0.4 is 0 Å². The van der Waals surface area contributed by atoms with Crippen molar-refractivity contribution in [2.24, 2.45) is 0 Å². The first-order chi connectivity index (χ1) is 12.6. The summed E-state index contributed by atoms with van der Waals surface area (Å²) in [4.78, 5) is 13.1. The smallest absolute Gasteiger partial charge is 0.244 e. The lowest BCUT2D eigenvalue weighted by atomic mass is 10.0. The maximum Gasteiger partial charge on any atom is 0.244 e. The highest BCUT2D eigenvalue weighted by Gasteiger charge is 2.32. The van der Waals surface area contributed by atoms with Gasteiger partial charge in [-0.2, -0.15) is 4.31 Å². The second kappa shape index (κ2) is 8.63. The van der Waals surface area contributed by atoms with Gasteiger partial charge in [0, 0.05) is 12.1 Å². The lowest BCUT2D eigenvalue weighted by molar-refractivity contribution is 0.0913. The highest BCUT2D eigenvalue weighted by molar-refractivity contribution is 7.89. The van der Waals surface area contributed by atoms with Crippen molar-refractivity contribution in [2.45, 2.75) is 45.6 Å². The summed E-state index contributed by atoms with van der Waals surface area (Å²) < 4.78 is 27.7. The van der Waals surface area contributed by atoms with Crippen LogP contribution in [0, 0.1) is 13.8 Å². The van der Waals surface area contributed by atoms with Crippen LogP contribution in [0.5, 0.6) is 0 Å². The summed E-state index contributed by atoms with van der Waals surface area (Å²) in [7, 11) is -3.81. The van der Waals surface area contributed by atoms with Gasteiger partial charge in [-0.1, -0.05) is 59.2 Å². The molecule has 0 aliphatic carbocycles. The first-order valence-electron chi connectivity index (χ1n) is 8.95. The van der Waals surface area contributed by atoms with E-state index in [2.05, 4.69) is 0 Å². The van der Waals surface area contributed by atoms with Crippen molar-refractivity contribution in [3.63, 3.8) is 0 Å². The van der Waals surface area contributed by atoms with Crippen LogP contribution in [0.3, 0.4) is 0 Å². The fraction of sp³-hybridized carbons (Fsp3) is 0.318. The Balaban J connectivity index is 2.43. The molecule has 2 rings (SSSR count). The molecule has 1 atom stereocenters. The van der Waals surface area contributed by atoms with Crippen LogP contribution in [0.15, 0.2) is 65.1 Å². The average Bonchev–Trinajstić information content (AvgIpc) is 2.61. The van der Waals surface area contributed by atoms with Crippen LogP contribution in [0.25, 0.3) is 0 Å². The number of carbonyl (C=O) groups excluding carboxylic acids is 1. The topological polar surface area (TPSA) is 54.5 Å². The molecule has 0 spiro atoms. The molecule has 0 amide bonds. The van der Waals surface area contributed by atoms with E-state index in [1.165, 1.54) is 4.31 Å². The van der Waals surface area contributed by atoms with Gasteiger partial charge in [-0.25, -0.2) is 8.42 Å². The molecule has 27 heavy (non-hydrogen) atoms. The number of aryl methyl sites for hydroxylation is 2. The Morgan fingerprint density at radius 1 is 0.963 bits per heavy atom. The molecule has 4 nitrogen and oxygen atoms in total. The molecule has 144 valence electrons. The molecule has 0 heterocycles. The number of carbonyl (C=O) groups is 1. The van der Waals surface area contributed by atoms with Crippen LogP contribution in [-0.2, 0) is 10.0 Å². The molecule has 0 fully saturated rings. The number of nitrogens with zero attached hydrogens (tertiary/aromatic N) is 1. The Hall–Kier alpha value is -2.24. The van der Waals surface area contributed by atoms with Crippen molar-refractivity contribution in [1.29, 1.82) is 0 Å². The predicted octanol–water partition coefficient (Wildman–Crippen LogP) is 4.53. The van der Waals surface area contributed by atoms with Crippen LogP contribution in [-0.4, -0.2) is 31.1 Å². The molecular weight excluding hydrogens is 358 g/mol. The van der Waals surface area contributed by atoms with Gasteiger partial charge in [-0.3, -0.25) is 4.79 Å². The van der Waals surface area contributed by atoms with E-state index in [4.69, 9.17) is 0 Å². The van der Waals surface area contributed by atoms with E-state index in [1.54, 1.807) is 43.3 Å². The first-order valence-corrected chi connectivity index (χ1v) is 10.4. The summed E-state index contributed by atoms with van der Waals surface area (Å²) in [6, 6.07) is 13.1. The van der Waals surface area contributed by atoms with Crippen LogP contribution in [0.2, 0.25) is 0 Å². The highest BCUT2D eigenvalue weighted by atomic mass is 32.2. The van der Waals surface area contributed by atoms with Crippen molar-refractivity contribution >= 4 is 15.8 Å². The van der Waals surface area contributed by atoms with E-state index in [0.29, 0.717) is 5.56 Å². The first kappa shape index (κ1) is 21.1. The number of allylic oxidation sites excluding steroid dienone is 1. The largest absolute Gasteiger partial charge is 0.292 e. The number of rotatable bonds is 7. The number of sulfonamides is 1. The van der Waals surface area contributed by atoms with E-state index in [-0.39, 0.29) is 17.2 Å². The second-order valence-electron chi connectivity index (χ2n) is 7.08. The number of hydrogen-bond donors (Lipinski definition) is 0. The minimum absolute atomic E-state index is 0.150. The van der Waals surface area contributed by atoms with E-state index in [0.717, 1.165) is 16.7 Å². The Morgan fingerprint density at radius 2 is 1.44 bits per heavy atom. The Kier molecular flexibility index (Phi) is 6.73. The van der Waals surface area contributed by atoms with Gasteiger partial charge in [0.15, 0.2) is 5.78 Å². The minimum Gasteiger partial charge on any atom is -0.292 e. The maximum absolute atomic E-state index is 13.2. The van der Waals surface area contributed by atoms with Gasteiger partial charge in [0.2, 0.25) is 10.0 Å². The number of ketones is 1. The molecule has 0 aromatic heterocycles. The fourth-order valence-corrected chi connectivity index (χ4v) is 4.21. The van der Waals surface area contributed by atoms with Crippen molar-refractivity contribution < 1.29 is 13.2 Å². The van der Waals surface area contributed by atoms with E-state index >= 15 is 0 Å². The third kappa shape index (κ3) is 5.15. The van der Waals surface area contributed by atoms with Crippen LogP contribution >= 0.6 is 0 Å². The Morgan fingerprint density at radius 3 is 1.93 bits per heavy atom. The lowest BCUT2D eigenvalue weighted by Crippen LogP contribution is -2.43. The van der Waals surface area contributed by atoms with E-state index in [9.17, 15) is 13.2 Å². The van der Waals surface area contributed by atoms with E-state index in [1.807, 2.05) is 45.9 Å². The molecular formula is C22H27NO3S. The third-order valence-corrected chi connectivity index (χ3v) is 6.41. The number of benzene rings is 2. The summed E-state index contributed by atoms with van der Waals surface area (Å²) in [6.07, 6.45) is 1.82. The summed E-state index contributed by atoms with van der Waals surface area (Å²) in [6.45, 7) is 9.46. The van der Waals surface area contributed by atoms with Gasteiger partial charge in [-0.05, 0) is 46.8 Å². The molecule has 0 bridgehead atoms. The zero-order valence-corrected chi connectivity index (χ0v) is 17.4. The zero-order chi connectivity index (χ0) is 20.2. The van der Waals surface area contributed by atoms with Gasteiger partial charge in [0.25, 0.3) is 0 Å². The summed E-state index contributed by atoms with van der Waals surface area (Å²) in [5.41, 5.74) is 3.53. The summed E-state index contributed by atoms with van der Waals surface area (Å²) >= 11 is 0. The monoisotopic (exact) mass is 385 g/mol. The molecule has 0 radical (unpaired) electrons. The highest BCUT2D eigenvalue weighted by Crippen LogP contribution is 2.21. The predicted molar refractivity (Wildman–Crippen MR) is 109 cm³/mol.